The van der Waals surface area contributed by atoms with Crippen molar-refractivity contribution in [2.75, 3.05) is 0 Å². The number of nitrogens with zero attached hydrogens (tertiary/aromatic N) is 2. The molecule has 0 aliphatic rings. The fourth-order valence-electron chi connectivity index (χ4n) is 3.26. The van der Waals surface area contributed by atoms with Gasteiger partial charge in [0, 0.05) is 23.6 Å². The number of ketones is 1. The molecule has 0 aliphatic carbocycles. The molecule has 4 rings (SSSR count). The number of fused-ring (bicyclic) bond motifs is 2. The minimum atomic E-state index is -1.01. The van der Waals surface area contributed by atoms with Gasteiger partial charge < -0.3 is 10.2 Å². The number of hydrogen-bond donors (Lipinski definition) is 2. The number of pyridine rings is 2. The quantitative estimate of drug-likeness (QED) is 0.536. The van der Waals surface area contributed by atoms with Gasteiger partial charge in [-0.2, -0.15) is 0 Å². The molecule has 0 saturated heterocycles. The van der Waals surface area contributed by atoms with Crippen LogP contribution in [0.5, 0.6) is 0 Å². The highest BCUT2D eigenvalue weighted by Crippen LogP contribution is 2.23. The second kappa shape index (κ2) is 7.84. The first-order chi connectivity index (χ1) is 13.6. The molecule has 0 fully saturated rings. The van der Waals surface area contributed by atoms with Crippen molar-refractivity contribution in [2.45, 2.75) is 25.0 Å². The van der Waals surface area contributed by atoms with E-state index in [-0.39, 0.29) is 18.6 Å². The number of aromatic nitrogens is 2. The van der Waals surface area contributed by atoms with Crippen molar-refractivity contribution in [1.29, 1.82) is 0 Å². The molecule has 0 amide bonds. The smallest absolute Gasteiger partial charge is 0.138 e. The summed E-state index contributed by atoms with van der Waals surface area (Å²) in [6.07, 6.45) is -2.21. The molecular weight excluding hydrogens is 352 g/mol. The lowest BCUT2D eigenvalue weighted by Crippen LogP contribution is -2.12. The molecule has 140 valence electrons. The summed E-state index contributed by atoms with van der Waals surface area (Å²) in [6.45, 7) is 0. The molecule has 0 radical (unpaired) electrons. The van der Waals surface area contributed by atoms with Crippen molar-refractivity contribution < 1.29 is 15.0 Å². The summed E-state index contributed by atoms with van der Waals surface area (Å²) in [7, 11) is 0. The second-order valence-electron chi connectivity index (χ2n) is 6.84. The topological polar surface area (TPSA) is 83.3 Å². The number of aliphatic hydroxyl groups excluding tert-OH is 2. The molecule has 2 heterocycles. The number of rotatable bonds is 6. The molecule has 28 heavy (non-hydrogen) atoms. The Bertz CT molecular complexity index is 1050. The van der Waals surface area contributed by atoms with Crippen molar-refractivity contribution in [3.8, 4) is 0 Å². The van der Waals surface area contributed by atoms with Gasteiger partial charge in [-0.05, 0) is 24.3 Å². The standard InChI is InChI=1S/C23H20N2O3/c26-17(13-22(27)20-11-9-15-5-1-3-7-18(15)24-20)14-23(28)21-12-10-16-6-2-4-8-19(16)25-21/h1-12,22-23,27-28H,13-14H2. The van der Waals surface area contributed by atoms with E-state index in [1.165, 1.54) is 0 Å². The van der Waals surface area contributed by atoms with Crippen LogP contribution in [0.2, 0.25) is 0 Å². The molecule has 0 saturated carbocycles. The van der Waals surface area contributed by atoms with E-state index in [2.05, 4.69) is 9.97 Å². The Morgan fingerprint density at radius 1 is 0.679 bits per heavy atom. The third-order valence-corrected chi connectivity index (χ3v) is 4.76. The first-order valence-corrected chi connectivity index (χ1v) is 9.19. The van der Waals surface area contributed by atoms with Crippen LogP contribution >= 0.6 is 0 Å². The first kappa shape index (κ1) is 18.2. The van der Waals surface area contributed by atoms with Gasteiger partial charge in [-0.1, -0.05) is 48.5 Å². The van der Waals surface area contributed by atoms with Gasteiger partial charge in [0.2, 0.25) is 0 Å². The monoisotopic (exact) mass is 372 g/mol. The zero-order valence-electron chi connectivity index (χ0n) is 15.2. The zero-order valence-corrected chi connectivity index (χ0v) is 15.2. The molecule has 5 nitrogen and oxygen atoms in total. The molecule has 2 aromatic carbocycles. The maximum atomic E-state index is 12.4. The van der Waals surface area contributed by atoms with Gasteiger partial charge >= 0.3 is 0 Å². The zero-order chi connectivity index (χ0) is 19.5. The van der Waals surface area contributed by atoms with Gasteiger partial charge in [-0.25, -0.2) is 0 Å². The maximum absolute atomic E-state index is 12.4. The predicted octanol–water partition coefficient (Wildman–Crippen LogP) is 3.90. The second-order valence-corrected chi connectivity index (χ2v) is 6.84. The van der Waals surface area contributed by atoms with Crippen LogP contribution in [0.15, 0.2) is 72.8 Å². The molecule has 4 aromatic rings. The van der Waals surface area contributed by atoms with E-state index >= 15 is 0 Å². The van der Waals surface area contributed by atoms with E-state index in [0.29, 0.717) is 11.4 Å². The summed E-state index contributed by atoms with van der Waals surface area (Å²) >= 11 is 0. The number of Topliss-reactive ketones (excluding diaryl/α,β-unsaturated/α-hetero) is 1. The molecule has 0 spiro atoms. The number of carbonyl (C=O) groups is 1. The fraction of sp³-hybridized carbons (Fsp3) is 0.174. The van der Waals surface area contributed by atoms with Gasteiger partial charge in [0.1, 0.15) is 18.0 Å². The van der Waals surface area contributed by atoms with Gasteiger partial charge in [-0.15, -0.1) is 0 Å². The van der Waals surface area contributed by atoms with E-state index in [0.717, 1.165) is 21.8 Å². The van der Waals surface area contributed by atoms with E-state index < -0.39 is 12.2 Å². The summed E-state index contributed by atoms with van der Waals surface area (Å²) in [6, 6.07) is 22.4. The normalized spacial score (nSPS) is 13.5. The van der Waals surface area contributed by atoms with E-state index in [1.807, 2.05) is 60.7 Å². The van der Waals surface area contributed by atoms with Crippen LogP contribution in [-0.2, 0) is 4.79 Å². The Hall–Kier alpha value is -3.15. The molecule has 2 unspecified atom stereocenters. The van der Waals surface area contributed by atoms with Crippen LogP contribution in [0.25, 0.3) is 21.8 Å². The summed E-state index contributed by atoms with van der Waals surface area (Å²) in [5.41, 5.74) is 2.44. The Morgan fingerprint density at radius 2 is 1.11 bits per heavy atom. The molecule has 2 atom stereocenters. The highest BCUT2D eigenvalue weighted by atomic mass is 16.3. The molecule has 5 heteroatoms. The lowest BCUT2D eigenvalue weighted by molar-refractivity contribution is -0.123. The summed E-state index contributed by atoms with van der Waals surface area (Å²) < 4.78 is 0. The third-order valence-electron chi connectivity index (χ3n) is 4.76. The third kappa shape index (κ3) is 3.91. The minimum absolute atomic E-state index is 0.101. The van der Waals surface area contributed by atoms with Crippen molar-refractivity contribution in [1.82, 2.24) is 9.97 Å². The largest absolute Gasteiger partial charge is 0.386 e. The van der Waals surface area contributed by atoms with Crippen molar-refractivity contribution in [3.05, 3.63) is 84.2 Å². The summed E-state index contributed by atoms with van der Waals surface area (Å²) in [4.78, 5) is 21.2. The van der Waals surface area contributed by atoms with Crippen LogP contribution in [0, 0.1) is 0 Å². The van der Waals surface area contributed by atoms with Crippen LogP contribution in [0.3, 0.4) is 0 Å². The number of hydrogen-bond acceptors (Lipinski definition) is 5. The molecular formula is C23H20N2O3. The van der Waals surface area contributed by atoms with Gasteiger partial charge in [0.25, 0.3) is 0 Å². The average Bonchev–Trinajstić information content (AvgIpc) is 2.72. The summed E-state index contributed by atoms with van der Waals surface area (Å²) in [5, 5.41) is 22.7. The van der Waals surface area contributed by atoms with E-state index in [9.17, 15) is 15.0 Å². The average molecular weight is 372 g/mol. The summed E-state index contributed by atoms with van der Waals surface area (Å²) in [5.74, 6) is -0.245. The SMILES string of the molecule is O=C(CC(O)c1ccc2ccccc2n1)CC(O)c1ccc2ccccc2n1. The molecule has 0 aliphatic heterocycles. The fourth-order valence-corrected chi connectivity index (χ4v) is 3.26. The van der Waals surface area contributed by atoms with Crippen LogP contribution in [-0.4, -0.2) is 26.0 Å². The first-order valence-electron chi connectivity index (χ1n) is 9.19. The lowest BCUT2D eigenvalue weighted by atomic mass is 10.0. The van der Waals surface area contributed by atoms with Gasteiger partial charge in [-0.3, -0.25) is 14.8 Å². The lowest BCUT2D eigenvalue weighted by Gasteiger charge is -2.13. The number of para-hydroxylation sites is 2. The van der Waals surface area contributed by atoms with Crippen molar-refractivity contribution in [3.63, 3.8) is 0 Å². The highest BCUT2D eigenvalue weighted by Gasteiger charge is 2.19. The Kier molecular flexibility index (Phi) is 5.10. The van der Waals surface area contributed by atoms with E-state index in [1.54, 1.807) is 12.1 Å². The van der Waals surface area contributed by atoms with Crippen LogP contribution in [0.1, 0.15) is 36.4 Å². The molecule has 0 bridgehead atoms. The predicted molar refractivity (Wildman–Crippen MR) is 108 cm³/mol. The van der Waals surface area contributed by atoms with E-state index in [4.69, 9.17) is 0 Å². The van der Waals surface area contributed by atoms with Crippen molar-refractivity contribution >= 4 is 27.6 Å². The van der Waals surface area contributed by atoms with Gasteiger partial charge in [0.05, 0.1) is 22.4 Å². The molecule has 2 aromatic heterocycles. The van der Waals surface area contributed by atoms with Crippen molar-refractivity contribution in [2.24, 2.45) is 0 Å². The Balaban J connectivity index is 1.43. The van der Waals surface area contributed by atoms with Gasteiger partial charge in [0.15, 0.2) is 0 Å². The maximum Gasteiger partial charge on any atom is 0.138 e. The minimum Gasteiger partial charge on any atom is -0.386 e. The number of aliphatic hydroxyl groups is 2. The Morgan fingerprint density at radius 3 is 1.57 bits per heavy atom. The Labute approximate surface area is 162 Å². The molecule has 2 N–H and O–H groups in total. The number of carbonyl (C=O) groups excluding carboxylic acids is 1. The van der Waals surface area contributed by atoms with Crippen LogP contribution < -0.4 is 0 Å². The highest BCUT2D eigenvalue weighted by molar-refractivity contribution is 5.81. The number of benzene rings is 2. The van der Waals surface area contributed by atoms with Crippen LogP contribution in [0.4, 0.5) is 0 Å².